The highest BCUT2D eigenvalue weighted by molar-refractivity contribution is 6.33. The van der Waals surface area contributed by atoms with Crippen LogP contribution in [0.4, 0.5) is 5.69 Å². The van der Waals surface area contributed by atoms with Crippen LogP contribution in [0.2, 0.25) is 5.02 Å². The summed E-state index contributed by atoms with van der Waals surface area (Å²) >= 11 is 6.09. The third-order valence-electron chi connectivity index (χ3n) is 2.90. The first-order chi connectivity index (χ1) is 9.29. The average molecular weight is 271 g/mol. The second-order valence-electron chi connectivity index (χ2n) is 4.32. The minimum atomic E-state index is 0.583. The standard InChI is InChI=1S/C16H15ClN2/c17-15-11-14(12-18)8-9-16(15)19-10-4-7-13-5-2-1-3-6-13/h1-3,5-6,8-9,11,19H,4,7,10H2. The normalized spacial score (nSPS) is 9.89. The zero-order valence-corrected chi connectivity index (χ0v) is 11.3. The van der Waals surface area contributed by atoms with Gasteiger partial charge >= 0.3 is 0 Å². The summed E-state index contributed by atoms with van der Waals surface area (Å²) in [6, 6.07) is 17.8. The van der Waals surface area contributed by atoms with Crippen molar-refractivity contribution in [3.63, 3.8) is 0 Å². The van der Waals surface area contributed by atoms with E-state index in [0.29, 0.717) is 10.6 Å². The molecule has 0 aliphatic carbocycles. The second-order valence-corrected chi connectivity index (χ2v) is 4.73. The minimum Gasteiger partial charge on any atom is -0.384 e. The molecule has 0 saturated carbocycles. The molecule has 0 aliphatic heterocycles. The van der Waals surface area contributed by atoms with Crippen molar-refractivity contribution in [3.8, 4) is 6.07 Å². The van der Waals surface area contributed by atoms with Crippen molar-refractivity contribution in [3.05, 3.63) is 64.7 Å². The fourth-order valence-corrected chi connectivity index (χ4v) is 2.14. The number of hydrogen-bond donors (Lipinski definition) is 1. The number of benzene rings is 2. The monoisotopic (exact) mass is 270 g/mol. The first-order valence-corrected chi connectivity index (χ1v) is 6.65. The summed E-state index contributed by atoms with van der Waals surface area (Å²) in [4.78, 5) is 0. The van der Waals surface area contributed by atoms with E-state index in [1.54, 1.807) is 12.1 Å². The van der Waals surface area contributed by atoms with E-state index >= 15 is 0 Å². The van der Waals surface area contributed by atoms with Gasteiger partial charge in [0.1, 0.15) is 0 Å². The van der Waals surface area contributed by atoms with Gasteiger partial charge in [-0.25, -0.2) is 0 Å². The summed E-state index contributed by atoms with van der Waals surface area (Å²) in [5.74, 6) is 0. The van der Waals surface area contributed by atoms with Gasteiger partial charge in [0, 0.05) is 6.54 Å². The molecule has 0 amide bonds. The first kappa shape index (κ1) is 13.5. The van der Waals surface area contributed by atoms with E-state index in [1.807, 2.05) is 12.1 Å². The van der Waals surface area contributed by atoms with Gasteiger partial charge in [0.25, 0.3) is 0 Å². The fraction of sp³-hybridized carbons (Fsp3) is 0.188. The lowest BCUT2D eigenvalue weighted by Gasteiger charge is -2.08. The van der Waals surface area contributed by atoms with Crippen molar-refractivity contribution in [1.29, 1.82) is 5.26 Å². The van der Waals surface area contributed by atoms with Gasteiger partial charge in [-0.3, -0.25) is 0 Å². The summed E-state index contributed by atoms with van der Waals surface area (Å²) in [7, 11) is 0. The van der Waals surface area contributed by atoms with E-state index in [2.05, 4.69) is 35.7 Å². The van der Waals surface area contributed by atoms with Crippen LogP contribution in [0.25, 0.3) is 0 Å². The number of nitrogens with one attached hydrogen (secondary N) is 1. The average Bonchev–Trinajstić information content (AvgIpc) is 2.46. The zero-order chi connectivity index (χ0) is 13.5. The molecule has 0 saturated heterocycles. The van der Waals surface area contributed by atoms with Gasteiger partial charge < -0.3 is 5.32 Å². The number of hydrogen-bond acceptors (Lipinski definition) is 2. The summed E-state index contributed by atoms with van der Waals surface area (Å²) in [5.41, 5.74) is 2.81. The third kappa shape index (κ3) is 4.01. The predicted molar refractivity (Wildman–Crippen MR) is 79.4 cm³/mol. The van der Waals surface area contributed by atoms with Gasteiger partial charge in [-0.05, 0) is 36.6 Å². The number of nitriles is 1. The Kier molecular flexibility index (Phi) is 4.83. The Labute approximate surface area is 118 Å². The zero-order valence-electron chi connectivity index (χ0n) is 10.6. The molecule has 0 radical (unpaired) electrons. The smallest absolute Gasteiger partial charge is 0.0992 e. The topological polar surface area (TPSA) is 35.8 Å². The maximum Gasteiger partial charge on any atom is 0.0992 e. The van der Waals surface area contributed by atoms with Crippen LogP contribution in [0, 0.1) is 11.3 Å². The van der Waals surface area contributed by atoms with Crippen LogP contribution in [-0.2, 0) is 6.42 Å². The summed E-state index contributed by atoms with van der Waals surface area (Å²) in [6.45, 7) is 0.862. The predicted octanol–water partition coefficient (Wildman–Crippen LogP) is 4.26. The van der Waals surface area contributed by atoms with E-state index in [1.165, 1.54) is 5.56 Å². The van der Waals surface area contributed by atoms with E-state index in [-0.39, 0.29) is 0 Å². The van der Waals surface area contributed by atoms with Crippen molar-refractivity contribution in [2.45, 2.75) is 12.8 Å². The number of rotatable bonds is 5. The second kappa shape index (κ2) is 6.82. The number of anilines is 1. The van der Waals surface area contributed by atoms with Gasteiger partial charge in [-0.1, -0.05) is 41.9 Å². The molecule has 0 unspecified atom stereocenters. The first-order valence-electron chi connectivity index (χ1n) is 6.27. The van der Waals surface area contributed by atoms with Crippen molar-refractivity contribution >= 4 is 17.3 Å². The Hall–Kier alpha value is -1.98. The number of halogens is 1. The molecular formula is C16H15ClN2. The van der Waals surface area contributed by atoms with E-state index in [4.69, 9.17) is 16.9 Å². The van der Waals surface area contributed by atoms with Crippen LogP contribution < -0.4 is 5.32 Å². The third-order valence-corrected chi connectivity index (χ3v) is 3.21. The molecule has 0 spiro atoms. The van der Waals surface area contributed by atoms with Gasteiger partial charge in [0.05, 0.1) is 22.3 Å². The Morgan fingerprint density at radius 2 is 1.89 bits per heavy atom. The Bertz CT molecular complexity index is 573. The molecular weight excluding hydrogens is 256 g/mol. The summed E-state index contributed by atoms with van der Waals surface area (Å²) in [6.07, 6.45) is 2.09. The minimum absolute atomic E-state index is 0.583. The maximum atomic E-state index is 8.76. The van der Waals surface area contributed by atoms with Crippen LogP contribution in [0.5, 0.6) is 0 Å². The van der Waals surface area contributed by atoms with E-state index in [0.717, 1.165) is 25.1 Å². The van der Waals surface area contributed by atoms with Crippen LogP contribution in [0.3, 0.4) is 0 Å². The molecule has 96 valence electrons. The number of nitrogens with zero attached hydrogens (tertiary/aromatic N) is 1. The molecule has 1 N–H and O–H groups in total. The van der Waals surface area contributed by atoms with E-state index in [9.17, 15) is 0 Å². The Balaban J connectivity index is 1.82. The Morgan fingerprint density at radius 1 is 1.11 bits per heavy atom. The highest BCUT2D eigenvalue weighted by Crippen LogP contribution is 2.22. The molecule has 0 bridgehead atoms. The van der Waals surface area contributed by atoms with Gasteiger partial charge in [0.2, 0.25) is 0 Å². The van der Waals surface area contributed by atoms with Crippen LogP contribution in [0.15, 0.2) is 48.5 Å². The molecule has 0 aliphatic rings. The number of aryl methyl sites for hydroxylation is 1. The van der Waals surface area contributed by atoms with Gasteiger partial charge in [0.15, 0.2) is 0 Å². The largest absolute Gasteiger partial charge is 0.384 e. The van der Waals surface area contributed by atoms with Gasteiger partial charge in [-0.15, -0.1) is 0 Å². The van der Waals surface area contributed by atoms with Crippen molar-refractivity contribution in [2.24, 2.45) is 0 Å². The molecule has 3 heteroatoms. The molecule has 0 heterocycles. The van der Waals surface area contributed by atoms with Crippen molar-refractivity contribution in [2.75, 3.05) is 11.9 Å². The van der Waals surface area contributed by atoms with Crippen LogP contribution in [-0.4, -0.2) is 6.54 Å². The molecule has 2 rings (SSSR count). The lowest BCUT2D eigenvalue weighted by Crippen LogP contribution is -2.03. The highest BCUT2D eigenvalue weighted by atomic mass is 35.5. The molecule has 0 fully saturated rings. The quantitative estimate of drug-likeness (QED) is 0.824. The summed E-state index contributed by atoms with van der Waals surface area (Å²) in [5, 5.41) is 12.7. The van der Waals surface area contributed by atoms with Crippen LogP contribution >= 0.6 is 11.6 Å². The lowest BCUT2D eigenvalue weighted by molar-refractivity contribution is 0.863. The molecule has 19 heavy (non-hydrogen) atoms. The lowest BCUT2D eigenvalue weighted by atomic mass is 10.1. The molecule has 2 aromatic rings. The molecule has 0 aromatic heterocycles. The molecule has 2 aromatic carbocycles. The van der Waals surface area contributed by atoms with Crippen molar-refractivity contribution < 1.29 is 0 Å². The fourth-order valence-electron chi connectivity index (χ4n) is 1.89. The summed E-state index contributed by atoms with van der Waals surface area (Å²) < 4.78 is 0. The van der Waals surface area contributed by atoms with Crippen LogP contribution in [0.1, 0.15) is 17.5 Å². The Morgan fingerprint density at radius 3 is 2.58 bits per heavy atom. The molecule has 0 atom stereocenters. The molecule has 2 nitrogen and oxygen atoms in total. The SMILES string of the molecule is N#Cc1ccc(NCCCc2ccccc2)c(Cl)c1. The van der Waals surface area contributed by atoms with Gasteiger partial charge in [-0.2, -0.15) is 5.26 Å². The maximum absolute atomic E-state index is 8.76. The van der Waals surface area contributed by atoms with Crippen molar-refractivity contribution in [1.82, 2.24) is 0 Å². The highest BCUT2D eigenvalue weighted by Gasteiger charge is 2.01. The van der Waals surface area contributed by atoms with E-state index < -0.39 is 0 Å².